The lowest BCUT2D eigenvalue weighted by Gasteiger charge is -2.12. The van der Waals surface area contributed by atoms with Gasteiger partial charge in [-0.15, -0.1) is 0 Å². The Hall–Kier alpha value is -2.01. The summed E-state index contributed by atoms with van der Waals surface area (Å²) in [7, 11) is 1.51. The first-order valence-corrected chi connectivity index (χ1v) is 6.68. The van der Waals surface area contributed by atoms with Crippen LogP contribution in [-0.4, -0.2) is 18.2 Å². The smallest absolute Gasteiger partial charge is 0.336 e. The average Bonchev–Trinajstić information content (AvgIpc) is 2.46. The van der Waals surface area contributed by atoms with E-state index in [1.54, 1.807) is 6.07 Å². The van der Waals surface area contributed by atoms with Crippen molar-refractivity contribution in [3.05, 3.63) is 58.1 Å². The van der Waals surface area contributed by atoms with Gasteiger partial charge in [0.05, 0.1) is 12.7 Å². The molecule has 0 radical (unpaired) electrons. The maximum Gasteiger partial charge on any atom is 0.336 e. The van der Waals surface area contributed by atoms with Gasteiger partial charge >= 0.3 is 5.97 Å². The van der Waals surface area contributed by atoms with Crippen molar-refractivity contribution in [1.29, 1.82) is 0 Å². The molecule has 0 atom stereocenters. The number of ether oxygens (including phenoxy) is 2. The van der Waals surface area contributed by atoms with Gasteiger partial charge in [-0.3, -0.25) is 0 Å². The van der Waals surface area contributed by atoms with Crippen LogP contribution in [0, 0.1) is 0 Å². The van der Waals surface area contributed by atoms with E-state index < -0.39 is 5.97 Å². The summed E-state index contributed by atoms with van der Waals surface area (Å²) in [6.45, 7) is 0.345. The highest BCUT2D eigenvalue weighted by atomic mass is 79.9. The molecule has 2 rings (SSSR count). The Morgan fingerprint density at radius 1 is 1.20 bits per heavy atom. The summed E-state index contributed by atoms with van der Waals surface area (Å²) in [5.74, 6) is -0.140. The number of carbonyl (C=O) groups is 1. The maximum atomic E-state index is 11.1. The van der Waals surface area contributed by atoms with Gasteiger partial charge in [-0.2, -0.15) is 0 Å². The number of rotatable bonds is 5. The summed E-state index contributed by atoms with van der Waals surface area (Å²) < 4.78 is 11.3. The molecule has 0 saturated heterocycles. The molecule has 0 amide bonds. The van der Waals surface area contributed by atoms with Crippen molar-refractivity contribution in [2.45, 2.75) is 6.61 Å². The highest BCUT2D eigenvalue weighted by Crippen LogP contribution is 2.34. The lowest BCUT2D eigenvalue weighted by Crippen LogP contribution is -2.02. The fourth-order valence-corrected chi connectivity index (χ4v) is 2.20. The predicted octanol–water partition coefficient (Wildman–Crippen LogP) is 3.73. The molecule has 0 unspecified atom stereocenters. The van der Waals surface area contributed by atoms with E-state index in [0.29, 0.717) is 22.6 Å². The van der Waals surface area contributed by atoms with E-state index >= 15 is 0 Å². The first kappa shape index (κ1) is 14.4. The van der Waals surface area contributed by atoms with Crippen LogP contribution in [0.1, 0.15) is 15.9 Å². The van der Waals surface area contributed by atoms with Gasteiger partial charge in [-0.1, -0.05) is 30.3 Å². The van der Waals surface area contributed by atoms with Gasteiger partial charge in [0, 0.05) is 4.47 Å². The minimum atomic E-state index is -1.02. The molecule has 0 aliphatic rings. The Labute approximate surface area is 125 Å². The number of hydrogen-bond acceptors (Lipinski definition) is 3. The largest absolute Gasteiger partial charge is 0.493 e. The molecule has 2 aromatic carbocycles. The molecular weight excluding hydrogens is 324 g/mol. The molecule has 5 heteroatoms. The summed E-state index contributed by atoms with van der Waals surface area (Å²) in [6, 6.07) is 12.7. The van der Waals surface area contributed by atoms with Crippen LogP contribution in [0.25, 0.3) is 0 Å². The number of halogens is 1. The van der Waals surface area contributed by atoms with E-state index in [-0.39, 0.29) is 5.56 Å². The van der Waals surface area contributed by atoms with E-state index in [1.165, 1.54) is 13.2 Å². The van der Waals surface area contributed by atoms with Gasteiger partial charge < -0.3 is 14.6 Å². The lowest BCUT2D eigenvalue weighted by atomic mass is 10.2. The van der Waals surface area contributed by atoms with Crippen LogP contribution in [0.15, 0.2) is 46.9 Å². The summed E-state index contributed by atoms with van der Waals surface area (Å²) in [5.41, 5.74) is 1.13. The number of carboxylic acids is 1. The van der Waals surface area contributed by atoms with Gasteiger partial charge in [0.25, 0.3) is 0 Å². The zero-order valence-corrected chi connectivity index (χ0v) is 12.4. The maximum absolute atomic E-state index is 11.1. The number of methoxy groups -OCH3 is 1. The van der Waals surface area contributed by atoms with Crippen molar-refractivity contribution in [1.82, 2.24) is 0 Å². The topological polar surface area (TPSA) is 55.8 Å². The third-order valence-corrected chi connectivity index (χ3v) is 3.38. The van der Waals surface area contributed by atoms with Crippen LogP contribution >= 0.6 is 15.9 Å². The first-order chi connectivity index (χ1) is 9.61. The molecule has 0 fully saturated rings. The molecule has 20 heavy (non-hydrogen) atoms. The van der Waals surface area contributed by atoms with Gasteiger partial charge in [0.15, 0.2) is 11.5 Å². The quantitative estimate of drug-likeness (QED) is 0.903. The van der Waals surface area contributed by atoms with Crippen LogP contribution in [0.5, 0.6) is 11.5 Å². The first-order valence-electron chi connectivity index (χ1n) is 5.89. The molecule has 0 aromatic heterocycles. The second-order valence-corrected chi connectivity index (χ2v) is 4.92. The third kappa shape index (κ3) is 3.30. The molecule has 0 saturated carbocycles. The second-order valence-electron chi connectivity index (χ2n) is 4.06. The fourth-order valence-electron chi connectivity index (χ4n) is 1.71. The number of aromatic carboxylic acids is 1. The van der Waals surface area contributed by atoms with Gasteiger partial charge in [-0.05, 0) is 33.6 Å². The van der Waals surface area contributed by atoms with Crippen molar-refractivity contribution in [2.75, 3.05) is 7.11 Å². The SMILES string of the molecule is COc1cc(Br)c(C(=O)O)cc1OCc1ccccc1. The molecule has 0 spiro atoms. The zero-order chi connectivity index (χ0) is 14.5. The minimum Gasteiger partial charge on any atom is -0.493 e. The van der Waals surface area contributed by atoms with Crippen LogP contribution in [-0.2, 0) is 6.61 Å². The summed E-state index contributed by atoms with van der Waals surface area (Å²) >= 11 is 3.20. The van der Waals surface area contributed by atoms with Gasteiger partial charge in [0.2, 0.25) is 0 Å². The molecule has 104 valence electrons. The van der Waals surface area contributed by atoms with Crippen LogP contribution < -0.4 is 9.47 Å². The number of hydrogen-bond donors (Lipinski definition) is 1. The Morgan fingerprint density at radius 3 is 2.50 bits per heavy atom. The van der Waals surface area contributed by atoms with Crippen molar-refractivity contribution in [2.24, 2.45) is 0 Å². The number of benzene rings is 2. The van der Waals surface area contributed by atoms with Crippen molar-refractivity contribution in [3.8, 4) is 11.5 Å². The Balaban J connectivity index is 2.25. The highest BCUT2D eigenvalue weighted by molar-refractivity contribution is 9.10. The van der Waals surface area contributed by atoms with Crippen LogP contribution in [0.4, 0.5) is 0 Å². The van der Waals surface area contributed by atoms with E-state index in [4.69, 9.17) is 14.6 Å². The summed E-state index contributed by atoms with van der Waals surface area (Å²) in [4.78, 5) is 11.1. The molecule has 0 aliphatic heterocycles. The van der Waals surface area contributed by atoms with Crippen molar-refractivity contribution >= 4 is 21.9 Å². The molecule has 0 aliphatic carbocycles. The summed E-state index contributed by atoms with van der Waals surface area (Å²) in [5, 5.41) is 9.11. The molecule has 0 heterocycles. The van der Waals surface area contributed by atoms with E-state index in [9.17, 15) is 4.79 Å². The summed E-state index contributed by atoms with van der Waals surface area (Å²) in [6.07, 6.45) is 0. The molecule has 0 bridgehead atoms. The number of carboxylic acid groups (broad SMARTS) is 1. The van der Waals surface area contributed by atoms with Crippen LogP contribution in [0.3, 0.4) is 0 Å². The Morgan fingerprint density at radius 2 is 1.90 bits per heavy atom. The van der Waals surface area contributed by atoms with Gasteiger partial charge in [0.1, 0.15) is 6.61 Å². The van der Waals surface area contributed by atoms with E-state index in [0.717, 1.165) is 5.56 Å². The molecular formula is C15H13BrO4. The third-order valence-electron chi connectivity index (χ3n) is 2.72. The normalized spacial score (nSPS) is 10.1. The minimum absolute atomic E-state index is 0.133. The van der Waals surface area contributed by atoms with Gasteiger partial charge in [-0.25, -0.2) is 4.79 Å². The standard InChI is InChI=1S/C15H13BrO4/c1-19-13-8-12(16)11(15(17)18)7-14(13)20-9-10-5-3-2-4-6-10/h2-8H,9H2,1H3,(H,17,18). The second kappa shape index (κ2) is 6.43. The molecule has 1 N–H and O–H groups in total. The van der Waals surface area contributed by atoms with E-state index in [2.05, 4.69) is 15.9 Å². The predicted molar refractivity (Wildman–Crippen MR) is 78.4 cm³/mol. The Kier molecular flexibility index (Phi) is 4.63. The Bertz CT molecular complexity index is 611. The molecule has 4 nitrogen and oxygen atoms in total. The fraction of sp³-hybridized carbons (Fsp3) is 0.133. The van der Waals surface area contributed by atoms with E-state index in [1.807, 2.05) is 30.3 Å². The van der Waals surface area contributed by atoms with Crippen LogP contribution in [0.2, 0.25) is 0 Å². The average molecular weight is 337 g/mol. The van der Waals surface area contributed by atoms with Crippen molar-refractivity contribution < 1.29 is 19.4 Å². The highest BCUT2D eigenvalue weighted by Gasteiger charge is 2.15. The zero-order valence-electron chi connectivity index (χ0n) is 10.8. The lowest BCUT2D eigenvalue weighted by molar-refractivity contribution is 0.0695. The monoisotopic (exact) mass is 336 g/mol. The molecule has 2 aromatic rings. The van der Waals surface area contributed by atoms with Crippen molar-refractivity contribution in [3.63, 3.8) is 0 Å².